The van der Waals surface area contributed by atoms with Crippen LogP contribution in [0.3, 0.4) is 0 Å². The summed E-state index contributed by atoms with van der Waals surface area (Å²) in [4.78, 5) is 23.6. The molecular weight excluding hydrogens is 316 g/mol. The third-order valence-corrected chi connectivity index (χ3v) is 4.52. The zero-order chi connectivity index (χ0) is 17.9. The molecule has 6 nitrogen and oxygen atoms in total. The molecule has 25 heavy (non-hydrogen) atoms. The summed E-state index contributed by atoms with van der Waals surface area (Å²) in [5.41, 5.74) is 7.53. The van der Waals surface area contributed by atoms with E-state index >= 15 is 0 Å². The lowest BCUT2D eigenvalue weighted by molar-refractivity contribution is -0.121. The highest BCUT2D eigenvalue weighted by molar-refractivity contribution is 5.76. The molecule has 138 valence electrons. The molecular formula is C19H30N4O2. The van der Waals surface area contributed by atoms with Gasteiger partial charge in [-0.1, -0.05) is 31.4 Å². The Morgan fingerprint density at radius 1 is 1.00 bits per heavy atom. The first kappa shape index (κ1) is 19.1. The van der Waals surface area contributed by atoms with Gasteiger partial charge in [0.25, 0.3) is 0 Å². The fourth-order valence-electron chi connectivity index (χ4n) is 3.05. The van der Waals surface area contributed by atoms with E-state index in [4.69, 9.17) is 5.73 Å². The van der Waals surface area contributed by atoms with E-state index in [1.165, 1.54) is 19.3 Å². The second-order valence-electron chi connectivity index (χ2n) is 6.68. The number of carbonyl (C=O) groups is 2. The molecule has 0 aliphatic heterocycles. The van der Waals surface area contributed by atoms with Crippen LogP contribution in [0.5, 0.6) is 0 Å². The molecule has 0 heterocycles. The fraction of sp³-hybridized carbons (Fsp3) is 0.579. The SMILES string of the molecule is Nc1ccc(CCNC(=O)CCCNC(=O)NC2CCCCC2)cc1. The van der Waals surface area contributed by atoms with E-state index in [9.17, 15) is 9.59 Å². The van der Waals surface area contributed by atoms with Crippen molar-refractivity contribution < 1.29 is 9.59 Å². The van der Waals surface area contributed by atoms with Crippen molar-refractivity contribution in [3.63, 3.8) is 0 Å². The van der Waals surface area contributed by atoms with Crippen molar-refractivity contribution in [1.82, 2.24) is 16.0 Å². The summed E-state index contributed by atoms with van der Waals surface area (Å²) in [6, 6.07) is 7.86. The molecule has 1 aliphatic rings. The van der Waals surface area contributed by atoms with Gasteiger partial charge >= 0.3 is 6.03 Å². The average Bonchev–Trinajstić information content (AvgIpc) is 2.61. The van der Waals surface area contributed by atoms with Crippen LogP contribution < -0.4 is 21.7 Å². The zero-order valence-electron chi connectivity index (χ0n) is 14.9. The van der Waals surface area contributed by atoms with Crippen LogP contribution in [0.25, 0.3) is 0 Å². The largest absolute Gasteiger partial charge is 0.399 e. The van der Waals surface area contributed by atoms with Crippen molar-refractivity contribution in [2.24, 2.45) is 0 Å². The van der Waals surface area contributed by atoms with Crippen LogP contribution in [0.1, 0.15) is 50.5 Å². The molecule has 1 fully saturated rings. The molecule has 1 saturated carbocycles. The number of urea groups is 1. The molecule has 0 atom stereocenters. The van der Waals surface area contributed by atoms with E-state index in [0.29, 0.717) is 32.0 Å². The van der Waals surface area contributed by atoms with Gasteiger partial charge in [0.15, 0.2) is 0 Å². The number of anilines is 1. The van der Waals surface area contributed by atoms with Gasteiger partial charge in [-0.15, -0.1) is 0 Å². The van der Waals surface area contributed by atoms with Crippen LogP contribution in [0, 0.1) is 0 Å². The lowest BCUT2D eigenvalue weighted by Gasteiger charge is -2.22. The summed E-state index contributed by atoms with van der Waals surface area (Å²) in [5, 5.41) is 8.74. The van der Waals surface area contributed by atoms with E-state index in [-0.39, 0.29) is 11.9 Å². The minimum Gasteiger partial charge on any atom is -0.399 e. The molecule has 3 amide bonds. The van der Waals surface area contributed by atoms with Crippen LogP contribution in [-0.4, -0.2) is 31.1 Å². The van der Waals surface area contributed by atoms with Gasteiger partial charge in [-0.25, -0.2) is 4.79 Å². The molecule has 0 saturated heterocycles. The molecule has 0 radical (unpaired) electrons. The molecule has 5 N–H and O–H groups in total. The van der Waals surface area contributed by atoms with Gasteiger partial charge < -0.3 is 21.7 Å². The van der Waals surface area contributed by atoms with Gasteiger partial charge in [-0.05, 0) is 43.4 Å². The third-order valence-electron chi connectivity index (χ3n) is 4.52. The maximum absolute atomic E-state index is 11.8. The van der Waals surface area contributed by atoms with Crippen molar-refractivity contribution >= 4 is 17.6 Å². The maximum atomic E-state index is 11.8. The number of nitrogens with one attached hydrogen (secondary N) is 3. The van der Waals surface area contributed by atoms with Gasteiger partial charge in [-0.3, -0.25) is 4.79 Å². The van der Waals surface area contributed by atoms with E-state index < -0.39 is 0 Å². The molecule has 2 rings (SSSR count). The monoisotopic (exact) mass is 346 g/mol. The first-order chi connectivity index (χ1) is 12.1. The molecule has 0 spiro atoms. The second-order valence-corrected chi connectivity index (χ2v) is 6.68. The predicted octanol–water partition coefficient (Wildman–Crippen LogP) is 2.34. The topological polar surface area (TPSA) is 96.2 Å². The Bertz CT molecular complexity index is 539. The Morgan fingerprint density at radius 2 is 1.72 bits per heavy atom. The minimum absolute atomic E-state index is 0.0185. The number of carbonyl (C=O) groups excluding carboxylic acids is 2. The average molecular weight is 346 g/mol. The van der Waals surface area contributed by atoms with Gasteiger partial charge in [0, 0.05) is 31.2 Å². The highest BCUT2D eigenvalue weighted by Gasteiger charge is 2.15. The first-order valence-corrected chi connectivity index (χ1v) is 9.29. The Labute approximate surface area is 149 Å². The molecule has 0 unspecified atom stereocenters. The van der Waals surface area contributed by atoms with Crippen LogP contribution in [0.4, 0.5) is 10.5 Å². The van der Waals surface area contributed by atoms with Gasteiger partial charge in [-0.2, -0.15) is 0 Å². The highest BCUT2D eigenvalue weighted by atomic mass is 16.2. The number of rotatable bonds is 8. The summed E-state index contributed by atoms with van der Waals surface area (Å²) in [7, 11) is 0. The number of hydrogen-bond acceptors (Lipinski definition) is 3. The minimum atomic E-state index is -0.115. The third kappa shape index (κ3) is 7.92. The number of nitrogens with two attached hydrogens (primary N) is 1. The number of benzene rings is 1. The summed E-state index contributed by atoms with van der Waals surface area (Å²) < 4.78 is 0. The van der Waals surface area contributed by atoms with E-state index in [1.807, 2.05) is 24.3 Å². The van der Waals surface area contributed by atoms with E-state index in [0.717, 1.165) is 30.5 Å². The van der Waals surface area contributed by atoms with Crippen molar-refractivity contribution in [2.45, 2.75) is 57.4 Å². The summed E-state index contributed by atoms with van der Waals surface area (Å²) in [6.07, 6.45) is 7.66. The zero-order valence-corrected chi connectivity index (χ0v) is 14.9. The lowest BCUT2D eigenvalue weighted by atomic mass is 9.96. The predicted molar refractivity (Wildman–Crippen MR) is 100 cm³/mol. The van der Waals surface area contributed by atoms with Gasteiger partial charge in [0.2, 0.25) is 5.91 Å². The Kier molecular flexibility index (Phi) is 8.09. The fourth-order valence-corrected chi connectivity index (χ4v) is 3.05. The summed E-state index contributed by atoms with van der Waals surface area (Å²) in [6.45, 7) is 1.13. The van der Waals surface area contributed by atoms with Crippen molar-refractivity contribution in [2.75, 3.05) is 18.8 Å². The summed E-state index contributed by atoms with van der Waals surface area (Å²) >= 11 is 0. The number of amides is 3. The first-order valence-electron chi connectivity index (χ1n) is 9.29. The Balaban J connectivity index is 1.48. The summed E-state index contributed by atoms with van der Waals surface area (Å²) in [5.74, 6) is 0.0185. The van der Waals surface area contributed by atoms with Crippen molar-refractivity contribution in [3.8, 4) is 0 Å². The quantitative estimate of drug-likeness (QED) is 0.430. The van der Waals surface area contributed by atoms with Gasteiger partial charge in [0.05, 0.1) is 0 Å². The second kappa shape index (κ2) is 10.6. The Hall–Kier alpha value is -2.24. The molecule has 1 aliphatic carbocycles. The smallest absolute Gasteiger partial charge is 0.315 e. The van der Waals surface area contributed by atoms with Crippen molar-refractivity contribution in [1.29, 1.82) is 0 Å². The van der Waals surface area contributed by atoms with Crippen LogP contribution >= 0.6 is 0 Å². The highest BCUT2D eigenvalue weighted by Crippen LogP contribution is 2.17. The van der Waals surface area contributed by atoms with Gasteiger partial charge in [0.1, 0.15) is 0 Å². The number of hydrogen-bond donors (Lipinski definition) is 4. The Morgan fingerprint density at radius 3 is 2.44 bits per heavy atom. The van der Waals surface area contributed by atoms with Crippen LogP contribution in [0.2, 0.25) is 0 Å². The van der Waals surface area contributed by atoms with E-state index in [1.54, 1.807) is 0 Å². The molecule has 6 heteroatoms. The van der Waals surface area contributed by atoms with Crippen molar-refractivity contribution in [3.05, 3.63) is 29.8 Å². The van der Waals surface area contributed by atoms with E-state index in [2.05, 4.69) is 16.0 Å². The molecule has 0 bridgehead atoms. The maximum Gasteiger partial charge on any atom is 0.315 e. The molecule has 1 aromatic carbocycles. The van der Waals surface area contributed by atoms with Crippen LogP contribution in [0.15, 0.2) is 24.3 Å². The standard InChI is InChI=1S/C19H30N4O2/c20-16-10-8-15(9-11-16)12-14-21-18(24)7-4-13-22-19(25)23-17-5-2-1-3-6-17/h8-11,17H,1-7,12-14,20H2,(H,21,24)(H2,22,23,25). The molecule has 1 aromatic rings. The number of nitrogen functional groups attached to an aromatic ring is 1. The van der Waals surface area contributed by atoms with Crippen LogP contribution in [-0.2, 0) is 11.2 Å². The lowest BCUT2D eigenvalue weighted by Crippen LogP contribution is -2.43. The normalized spacial score (nSPS) is 14.7. The molecule has 0 aromatic heterocycles.